The van der Waals surface area contributed by atoms with Crippen molar-refractivity contribution in [3.05, 3.63) is 124 Å². The molecule has 0 N–H and O–H groups in total. The molecule has 44 heavy (non-hydrogen) atoms. The van der Waals surface area contributed by atoms with Crippen molar-refractivity contribution in [1.82, 2.24) is 9.97 Å². The van der Waals surface area contributed by atoms with Crippen LogP contribution in [0.2, 0.25) is 5.15 Å². The van der Waals surface area contributed by atoms with Gasteiger partial charge in [-0.25, -0.2) is 9.97 Å². The zero-order valence-electron chi connectivity index (χ0n) is 24.1. The molecule has 9 nitrogen and oxygen atoms in total. The molecule has 0 aliphatic carbocycles. The first-order valence-corrected chi connectivity index (χ1v) is 15.8. The Balaban J connectivity index is 1.34. The third-order valence-corrected chi connectivity index (χ3v) is 8.59. The summed E-state index contributed by atoms with van der Waals surface area (Å²) in [5.74, 6) is 0.795. The Morgan fingerprint density at radius 2 is 1.36 bits per heavy atom. The number of fused-ring (bicyclic) bond motifs is 1. The molecule has 0 unspecified atom stereocenters. The Labute approximate surface area is 262 Å². The monoisotopic (exact) mass is 633 g/mol. The number of rotatable bonds is 11. The number of halogens is 1. The summed E-state index contributed by atoms with van der Waals surface area (Å²) in [7, 11) is -2.55. The number of anilines is 1. The zero-order chi connectivity index (χ0) is 30.5. The van der Waals surface area contributed by atoms with Crippen LogP contribution in [0.3, 0.4) is 0 Å². The molecule has 0 bridgehead atoms. The van der Waals surface area contributed by atoms with Gasteiger partial charge in [-0.05, 0) is 23.6 Å². The van der Waals surface area contributed by atoms with Crippen molar-refractivity contribution in [2.75, 3.05) is 18.1 Å². The third kappa shape index (κ3) is 6.86. The van der Waals surface area contributed by atoms with Gasteiger partial charge in [0.1, 0.15) is 40.0 Å². The fraction of sp³-hybridized carbons (Fsp3) is 0.303. The lowest BCUT2D eigenvalue weighted by atomic mass is 10.1. The van der Waals surface area contributed by atoms with Crippen LogP contribution in [0.4, 0.5) is 5.82 Å². The fourth-order valence-electron chi connectivity index (χ4n) is 5.50. The van der Waals surface area contributed by atoms with Crippen LogP contribution in [0.5, 0.6) is 0 Å². The maximum absolute atomic E-state index is 12.3. The minimum atomic E-state index is -2.55. The van der Waals surface area contributed by atoms with E-state index in [0.29, 0.717) is 31.5 Å². The lowest BCUT2D eigenvalue weighted by Gasteiger charge is -2.31. The van der Waals surface area contributed by atoms with Crippen molar-refractivity contribution in [2.24, 2.45) is 0 Å². The molecule has 2 aliphatic rings. The molecule has 2 aliphatic heterocycles. The van der Waals surface area contributed by atoms with Crippen molar-refractivity contribution in [3.8, 4) is 0 Å². The van der Waals surface area contributed by atoms with E-state index in [0.717, 1.165) is 16.7 Å². The maximum Gasteiger partial charge on any atom is 0.220 e. The number of nitrogens with zero attached hydrogens (tertiary/aromatic N) is 3. The summed E-state index contributed by atoms with van der Waals surface area (Å²) in [6.45, 7) is 2.96. The summed E-state index contributed by atoms with van der Waals surface area (Å²) >= 11 is 6.48. The predicted octanol–water partition coefficient (Wildman–Crippen LogP) is 4.77. The Kier molecular flexibility index (Phi) is 9.66. The average Bonchev–Trinajstić information content (AvgIpc) is 3.59. The van der Waals surface area contributed by atoms with Gasteiger partial charge in [0.25, 0.3) is 0 Å². The van der Waals surface area contributed by atoms with E-state index in [-0.39, 0.29) is 28.7 Å². The maximum atomic E-state index is 12.3. The number of hydrogen-bond acceptors (Lipinski definition) is 9. The highest BCUT2D eigenvalue weighted by Crippen LogP contribution is 2.38. The second kappa shape index (κ2) is 14.0. The van der Waals surface area contributed by atoms with E-state index in [9.17, 15) is 8.42 Å². The van der Waals surface area contributed by atoms with E-state index >= 15 is 0 Å². The normalized spacial score (nSPS) is 21.0. The molecule has 4 atom stereocenters. The predicted molar refractivity (Wildman–Crippen MR) is 167 cm³/mol. The number of aromatic nitrogens is 2. The van der Waals surface area contributed by atoms with E-state index in [1.54, 1.807) is 11.8 Å². The van der Waals surface area contributed by atoms with Crippen molar-refractivity contribution < 1.29 is 27.4 Å². The first-order valence-electron chi connectivity index (χ1n) is 14.3. The van der Waals surface area contributed by atoms with E-state index in [1.807, 2.05) is 91.0 Å². The molecule has 1 aromatic heterocycles. The van der Waals surface area contributed by atoms with Crippen LogP contribution in [0, 0.1) is 6.92 Å². The molecule has 11 heteroatoms. The van der Waals surface area contributed by atoms with Crippen molar-refractivity contribution in [2.45, 2.75) is 51.3 Å². The molecule has 0 saturated carbocycles. The molecular weight excluding hydrogens is 602 g/mol. The summed E-state index contributed by atoms with van der Waals surface area (Å²) in [4.78, 5) is 10.7. The molecule has 0 radical (unpaired) electrons. The second-order valence-corrected chi connectivity index (χ2v) is 12.0. The fourth-order valence-corrected chi connectivity index (χ4v) is 6.48. The molecular formula is C33H32ClN3O6S. The van der Waals surface area contributed by atoms with E-state index in [4.69, 9.17) is 30.5 Å². The highest BCUT2D eigenvalue weighted by molar-refractivity contribution is 7.73. The number of ether oxygens (including phenoxy) is 4. The van der Waals surface area contributed by atoms with Gasteiger partial charge in [-0.2, -0.15) is 8.42 Å². The van der Waals surface area contributed by atoms with Crippen molar-refractivity contribution in [3.63, 3.8) is 0 Å². The topological polar surface area (TPSA) is 100 Å². The number of aryl methyl sites for hydroxylation is 1. The molecule has 3 aromatic carbocycles. The third-order valence-electron chi connectivity index (χ3n) is 7.58. The molecule has 6 rings (SSSR count). The van der Waals surface area contributed by atoms with Crippen molar-refractivity contribution >= 4 is 32.6 Å². The minimum Gasteiger partial charge on any atom is -0.374 e. The molecule has 0 amide bonds. The summed E-state index contributed by atoms with van der Waals surface area (Å²) in [6.07, 6.45) is -2.47. The van der Waals surface area contributed by atoms with Gasteiger partial charge in [0, 0.05) is 0 Å². The van der Waals surface area contributed by atoms with Gasteiger partial charge in [0.15, 0.2) is 6.23 Å². The quantitative estimate of drug-likeness (QED) is 0.171. The highest BCUT2D eigenvalue weighted by atomic mass is 35.5. The van der Waals surface area contributed by atoms with Crippen LogP contribution in [0.15, 0.2) is 91.0 Å². The van der Waals surface area contributed by atoms with Crippen LogP contribution in [-0.4, -0.2) is 60.9 Å². The van der Waals surface area contributed by atoms with Gasteiger partial charge in [-0.1, -0.05) is 103 Å². The van der Waals surface area contributed by atoms with Gasteiger partial charge in [-0.15, -0.1) is 0 Å². The largest absolute Gasteiger partial charge is 0.374 e. The van der Waals surface area contributed by atoms with Crippen molar-refractivity contribution in [1.29, 1.82) is 0 Å². The summed E-state index contributed by atoms with van der Waals surface area (Å²) in [5.41, 5.74) is 3.29. The minimum absolute atomic E-state index is 0.00214. The number of benzene rings is 3. The molecule has 1 saturated heterocycles. The van der Waals surface area contributed by atoms with Gasteiger partial charge in [0.05, 0.1) is 38.5 Å². The lowest BCUT2D eigenvalue weighted by molar-refractivity contribution is -0.0898. The highest BCUT2D eigenvalue weighted by Gasteiger charge is 2.51. The SMILES string of the molecule is Cc1nc(Cl)c2c(n1)N([C@@H]1O[C@H](COCc3ccccc3)[C@@H](OCc3ccccc3)[C@@H]1OCc1ccccc1)CC2=S(=O)=O. The Morgan fingerprint density at radius 1 is 0.818 bits per heavy atom. The standard InChI is InChI=1S/C33H32ClN3O6S/c1-22-35-31(34)28-27(44(38)39)17-37(32(28)36-22)33-30(42-20-25-15-9-4-10-16-25)29(41-19-24-13-7-3-8-14-24)26(43-33)21-40-18-23-11-5-2-6-12-23/h2-16,26,29-30,33H,17-21H2,1H3/t26-,29-,30+,33-/m1/s1. The molecule has 3 heterocycles. The van der Waals surface area contributed by atoms with Gasteiger partial charge >= 0.3 is 0 Å². The van der Waals surface area contributed by atoms with Gasteiger partial charge in [0.2, 0.25) is 10.3 Å². The summed E-state index contributed by atoms with van der Waals surface area (Å²) < 4.78 is 50.6. The first kappa shape index (κ1) is 30.4. The molecule has 0 spiro atoms. The molecule has 1 fully saturated rings. The Hall–Kier alpha value is -3.64. The van der Waals surface area contributed by atoms with Crippen LogP contribution < -0.4 is 4.90 Å². The second-order valence-electron chi connectivity index (χ2n) is 10.6. The Bertz CT molecular complexity index is 1700. The van der Waals surface area contributed by atoms with E-state index < -0.39 is 34.8 Å². The first-order chi connectivity index (χ1) is 21.5. The van der Waals surface area contributed by atoms with Gasteiger partial charge in [-0.3, -0.25) is 0 Å². The van der Waals surface area contributed by atoms with E-state index in [1.165, 1.54) is 0 Å². The zero-order valence-corrected chi connectivity index (χ0v) is 25.7. The average molecular weight is 634 g/mol. The Morgan fingerprint density at radius 3 is 1.93 bits per heavy atom. The van der Waals surface area contributed by atoms with Crippen LogP contribution in [0.25, 0.3) is 0 Å². The van der Waals surface area contributed by atoms with Crippen LogP contribution in [0.1, 0.15) is 28.1 Å². The van der Waals surface area contributed by atoms with Gasteiger partial charge < -0.3 is 23.8 Å². The molecule has 228 valence electrons. The number of hydrogen-bond donors (Lipinski definition) is 0. The van der Waals surface area contributed by atoms with Crippen LogP contribution >= 0.6 is 11.6 Å². The smallest absolute Gasteiger partial charge is 0.220 e. The summed E-state index contributed by atoms with van der Waals surface area (Å²) in [6, 6.07) is 29.6. The lowest BCUT2D eigenvalue weighted by Crippen LogP contribution is -2.46. The van der Waals surface area contributed by atoms with E-state index in [2.05, 4.69) is 9.97 Å². The molecule has 4 aromatic rings. The summed E-state index contributed by atoms with van der Waals surface area (Å²) in [5, 5.41) is 0.0774. The van der Waals surface area contributed by atoms with Crippen LogP contribution in [-0.2, 0) is 49.1 Å².